The highest BCUT2D eigenvalue weighted by Crippen LogP contribution is 2.32. The van der Waals surface area contributed by atoms with Crippen LogP contribution in [0.3, 0.4) is 0 Å². The van der Waals surface area contributed by atoms with Gasteiger partial charge in [-0.2, -0.15) is 0 Å². The van der Waals surface area contributed by atoms with E-state index >= 15 is 0 Å². The van der Waals surface area contributed by atoms with Gasteiger partial charge in [-0.25, -0.2) is 0 Å². The van der Waals surface area contributed by atoms with Gasteiger partial charge >= 0.3 is 5.97 Å². The molecule has 0 radical (unpaired) electrons. The van der Waals surface area contributed by atoms with E-state index in [1.165, 1.54) is 19.3 Å². The molecule has 2 unspecified atom stereocenters. The minimum absolute atomic E-state index is 0.0605. The molecule has 2 atom stereocenters. The van der Waals surface area contributed by atoms with Gasteiger partial charge in [0.05, 0.1) is 0 Å². The number of carboxylic acid groups (broad SMARTS) is 1. The third-order valence-corrected chi connectivity index (χ3v) is 4.79. The van der Waals surface area contributed by atoms with Crippen molar-refractivity contribution in [2.75, 3.05) is 0 Å². The number of rotatable bonds is 13. The second kappa shape index (κ2) is 12.6. The van der Waals surface area contributed by atoms with Crippen LogP contribution in [0, 0.1) is 11.8 Å². The van der Waals surface area contributed by atoms with Crippen molar-refractivity contribution in [2.24, 2.45) is 11.8 Å². The topological polar surface area (TPSA) is 71.4 Å². The predicted molar refractivity (Wildman–Crippen MR) is 99.4 cm³/mol. The first-order chi connectivity index (χ1) is 12.0. The maximum Gasteiger partial charge on any atom is 0.303 e. The molecule has 25 heavy (non-hydrogen) atoms. The average Bonchev–Trinajstić information content (AvgIpc) is 2.92. The summed E-state index contributed by atoms with van der Waals surface area (Å²) in [7, 11) is 0. The van der Waals surface area contributed by atoms with Crippen LogP contribution in [-0.4, -0.2) is 22.6 Å². The van der Waals surface area contributed by atoms with Crippen molar-refractivity contribution in [1.29, 1.82) is 0 Å². The van der Waals surface area contributed by atoms with Crippen LogP contribution in [0.25, 0.3) is 0 Å². The van der Waals surface area contributed by atoms with Crippen LogP contribution in [0.2, 0.25) is 0 Å². The number of aliphatic carboxylic acids is 1. The first-order valence-corrected chi connectivity index (χ1v) is 9.65. The fourth-order valence-corrected chi connectivity index (χ4v) is 3.26. The van der Waals surface area contributed by atoms with Crippen LogP contribution in [0.1, 0.15) is 77.6 Å². The molecular formula is C21H32O4. The zero-order chi connectivity index (χ0) is 18.5. The van der Waals surface area contributed by atoms with E-state index < -0.39 is 5.97 Å². The van der Waals surface area contributed by atoms with E-state index in [2.05, 4.69) is 6.92 Å². The van der Waals surface area contributed by atoms with Crippen molar-refractivity contribution >= 4 is 17.5 Å². The van der Waals surface area contributed by atoms with Gasteiger partial charge in [-0.3, -0.25) is 14.4 Å². The minimum Gasteiger partial charge on any atom is -0.481 e. The van der Waals surface area contributed by atoms with Crippen molar-refractivity contribution in [3.63, 3.8) is 0 Å². The first-order valence-electron chi connectivity index (χ1n) is 9.65. The summed E-state index contributed by atoms with van der Waals surface area (Å²) in [5, 5.41) is 8.61. The van der Waals surface area contributed by atoms with Gasteiger partial charge in [0.2, 0.25) is 0 Å². The molecule has 1 aliphatic rings. The quantitative estimate of drug-likeness (QED) is 0.292. The zero-order valence-electron chi connectivity index (χ0n) is 15.4. The molecule has 1 rings (SSSR count). The average molecular weight is 348 g/mol. The fourth-order valence-electron chi connectivity index (χ4n) is 3.26. The summed E-state index contributed by atoms with van der Waals surface area (Å²) in [4.78, 5) is 34.4. The maximum absolute atomic E-state index is 12.0. The molecule has 0 spiro atoms. The number of ketones is 2. The van der Waals surface area contributed by atoms with Crippen LogP contribution in [0.5, 0.6) is 0 Å². The van der Waals surface area contributed by atoms with Crippen LogP contribution >= 0.6 is 0 Å². The molecule has 1 saturated carbocycles. The second-order valence-corrected chi connectivity index (χ2v) is 6.90. The van der Waals surface area contributed by atoms with Gasteiger partial charge in [-0.15, -0.1) is 0 Å². The summed E-state index contributed by atoms with van der Waals surface area (Å²) < 4.78 is 0. The van der Waals surface area contributed by atoms with Gasteiger partial charge in [-0.05, 0) is 37.7 Å². The summed E-state index contributed by atoms with van der Waals surface area (Å²) in [6.07, 6.45) is 16.3. The summed E-state index contributed by atoms with van der Waals surface area (Å²) in [5.74, 6) is -0.317. The summed E-state index contributed by atoms with van der Waals surface area (Å²) in [5.41, 5.74) is 0. The molecule has 0 aromatic heterocycles. The smallest absolute Gasteiger partial charge is 0.303 e. The molecule has 0 aliphatic heterocycles. The molecule has 4 heteroatoms. The number of unbranched alkanes of at least 4 members (excludes halogenated alkanes) is 4. The standard InChI is InChI=1S/C21H32O4/c1-2-3-4-5-7-10-18(22)15-13-17-14-16-20(23)19(17)11-8-6-9-12-21(24)25/h6,8,13,15,17,19H,2-5,7,9-12,14,16H2,1H3,(H,24,25). The Bertz CT molecular complexity index is 490. The van der Waals surface area contributed by atoms with Gasteiger partial charge in [0.1, 0.15) is 5.78 Å². The van der Waals surface area contributed by atoms with Crippen molar-refractivity contribution in [3.8, 4) is 0 Å². The highest BCUT2D eigenvalue weighted by molar-refractivity contribution is 5.90. The van der Waals surface area contributed by atoms with Crippen molar-refractivity contribution < 1.29 is 19.5 Å². The normalized spacial score (nSPS) is 20.8. The number of carbonyl (C=O) groups excluding carboxylic acids is 2. The van der Waals surface area contributed by atoms with Crippen LogP contribution in [0.4, 0.5) is 0 Å². The Hall–Kier alpha value is -1.71. The van der Waals surface area contributed by atoms with E-state index in [0.717, 1.165) is 19.3 Å². The Labute approximate surface area is 151 Å². The number of Topliss-reactive ketones (excluding diaryl/α,β-unsaturated/α-hetero) is 1. The van der Waals surface area contributed by atoms with Crippen LogP contribution < -0.4 is 0 Å². The minimum atomic E-state index is -0.810. The molecule has 1 aliphatic carbocycles. The van der Waals surface area contributed by atoms with Gasteiger partial charge < -0.3 is 5.11 Å². The van der Waals surface area contributed by atoms with E-state index in [4.69, 9.17) is 5.11 Å². The lowest BCUT2D eigenvalue weighted by Crippen LogP contribution is -2.12. The second-order valence-electron chi connectivity index (χ2n) is 6.90. The third-order valence-electron chi connectivity index (χ3n) is 4.79. The van der Waals surface area contributed by atoms with E-state index in [-0.39, 0.29) is 29.8 Å². The molecular weight excluding hydrogens is 316 g/mol. The molecule has 0 heterocycles. The van der Waals surface area contributed by atoms with Gasteiger partial charge in [0.15, 0.2) is 5.78 Å². The molecule has 1 N–H and O–H groups in total. The highest BCUT2D eigenvalue weighted by Gasteiger charge is 2.31. The number of hydrogen-bond acceptors (Lipinski definition) is 3. The zero-order valence-corrected chi connectivity index (χ0v) is 15.4. The Morgan fingerprint density at radius 2 is 1.88 bits per heavy atom. The van der Waals surface area contributed by atoms with E-state index in [1.807, 2.05) is 18.2 Å². The van der Waals surface area contributed by atoms with E-state index in [9.17, 15) is 14.4 Å². The Morgan fingerprint density at radius 1 is 1.12 bits per heavy atom. The molecule has 0 amide bonds. The monoisotopic (exact) mass is 348 g/mol. The molecule has 0 aromatic carbocycles. The fraction of sp³-hybridized carbons (Fsp3) is 0.667. The lowest BCUT2D eigenvalue weighted by Gasteiger charge is -2.12. The Kier molecular flexibility index (Phi) is 10.8. The van der Waals surface area contributed by atoms with Gasteiger partial charge in [-0.1, -0.05) is 50.8 Å². The predicted octanol–water partition coefficient (Wildman–Crippen LogP) is 4.88. The summed E-state index contributed by atoms with van der Waals surface area (Å²) >= 11 is 0. The van der Waals surface area contributed by atoms with Crippen molar-refractivity contribution in [3.05, 3.63) is 24.3 Å². The lowest BCUT2D eigenvalue weighted by molar-refractivity contribution is -0.137. The number of allylic oxidation sites excluding steroid dienone is 4. The van der Waals surface area contributed by atoms with Gasteiger partial charge in [0.25, 0.3) is 0 Å². The first kappa shape index (κ1) is 21.3. The highest BCUT2D eigenvalue weighted by atomic mass is 16.4. The molecule has 0 aromatic rings. The Balaban J connectivity index is 2.35. The van der Waals surface area contributed by atoms with E-state index in [1.54, 1.807) is 6.08 Å². The van der Waals surface area contributed by atoms with Gasteiger partial charge in [0, 0.05) is 25.2 Å². The SMILES string of the molecule is CCCCCCCC(=O)C=CC1CCC(=O)C1CC=CCCC(=O)O. The number of carboxylic acids is 1. The van der Waals surface area contributed by atoms with Crippen molar-refractivity contribution in [1.82, 2.24) is 0 Å². The number of hydrogen-bond donors (Lipinski definition) is 1. The lowest BCUT2D eigenvalue weighted by atomic mass is 9.91. The molecule has 1 fully saturated rings. The molecule has 0 saturated heterocycles. The summed E-state index contributed by atoms with van der Waals surface area (Å²) in [6.45, 7) is 2.18. The van der Waals surface area contributed by atoms with Crippen LogP contribution in [-0.2, 0) is 14.4 Å². The maximum atomic E-state index is 12.0. The molecule has 140 valence electrons. The number of carbonyl (C=O) groups is 3. The summed E-state index contributed by atoms with van der Waals surface area (Å²) in [6, 6.07) is 0. The van der Waals surface area contributed by atoms with Crippen LogP contribution in [0.15, 0.2) is 24.3 Å². The third kappa shape index (κ3) is 9.37. The van der Waals surface area contributed by atoms with Crippen molar-refractivity contribution in [2.45, 2.75) is 77.6 Å². The Morgan fingerprint density at radius 3 is 2.60 bits per heavy atom. The molecule has 4 nitrogen and oxygen atoms in total. The largest absolute Gasteiger partial charge is 0.481 e. The van der Waals surface area contributed by atoms with E-state index in [0.29, 0.717) is 25.7 Å². The molecule has 0 bridgehead atoms.